The van der Waals surface area contributed by atoms with Gasteiger partial charge in [-0.1, -0.05) is 48.5 Å². The highest BCUT2D eigenvalue weighted by Crippen LogP contribution is 2.77. The summed E-state index contributed by atoms with van der Waals surface area (Å²) in [6, 6.07) is 14.3. The fraction of sp³-hybridized carbons (Fsp3) is 0.455. The lowest BCUT2D eigenvalue weighted by Gasteiger charge is -2.83. The maximum Gasteiger partial charge on any atom is 0.138 e. The molecule has 0 spiro atoms. The lowest BCUT2D eigenvalue weighted by molar-refractivity contribution is -0.476. The van der Waals surface area contributed by atoms with Crippen molar-refractivity contribution >= 4 is 0 Å². The van der Waals surface area contributed by atoms with Gasteiger partial charge in [0.25, 0.3) is 0 Å². The Kier molecular flexibility index (Phi) is 3.72. The van der Waals surface area contributed by atoms with Gasteiger partial charge in [-0.15, -0.1) is 0 Å². The highest BCUT2D eigenvalue weighted by molar-refractivity contribution is 5.61. The molecule has 2 fully saturated rings. The van der Waals surface area contributed by atoms with E-state index in [2.05, 4.69) is 0 Å². The van der Waals surface area contributed by atoms with E-state index >= 15 is 0 Å². The van der Waals surface area contributed by atoms with Crippen molar-refractivity contribution in [2.24, 2.45) is 0 Å². The third kappa shape index (κ3) is 1.65. The summed E-state index contributed by atoms with van der Waals surface area (Å²) in [5.74, 6) is -0.904. The Balaban J connectivity index is 1.92. The molecule has 0 aromatic heterocycles. The van der Waals surface area contributed by atoms with Gasteiger partial charge in [0.05, 0.1) is 18.1 Å². The maximum absolute atomic E-state index is 11.5. The molecule has 0 bridgehead atoms. The quantitative estimate of drug-likeness (QED) is 0.553. The van der Waals surface area contributed by atoms with Crippen LogP contribution in [-0.4, -0.2) is 55.0 Å². The van der Waals surface area contributed by atoms with Crippen LogP contribution in [0.2, 0.25) is 0 Å². The molecular formula is C22H26O5. The average molecular weight is 370 g/mol. The van der Waals surface area contributed by atoms with Crippen molar-refractivity contribution in [2.45, 2.75) is 55.0 Å². The number of aryl methyl sites for hydroxylation is 1. The van der Waals surface area contributed by atoms with Crippen LogP contribution in [0, 0.1) is 13.8 Å². The summed E-state index contributed by atoms with van der Waals surface area (Å²) >= 11 is 0. The molecule has 144 valence electrons. The number of hydrogen-bond donors (Lipinski definition) is 5. The van der Waals surface area contributed by atoms with E-state index in [0.717, 1.165) is 11.1 Å². The Morgan fingerprint density at radius 2 is 1.52 bits per heavy atom. The molecule has 2 aromatic rings. The molecule has 0 radical (unpaired) electrons. The molecule has 0 aliphatic heterocycles. The maximum atomic E-state index is 11.5. The second-order valence-electron chi connectivity index (χ2n) is 8.26. The van der Waals surface area contributed by atoms with Gasteiger partial charge in [-0.2, -0.15) is 0 Å². The molecule has 2 aliphatic rings. The topological polar surface area (TPSA) is 101 Å². The smallest absolute Gasteiger partial charge is 0.138 e. The van der Waals surface area contributed by atoms with Crippen LogP contribution in [0.25, 0.3) is 0 Å². The van der Waals surface area contributed by atoms with Crippen molar-refractivity contribution in [3.8, 4) is 0 Å². The van der Waals surface area contributed by atoms with E-state index < -0.39 is 40.8 Å². The van der Waals surface area contributed by atoms with Crippen LogP contribution >= 0.6 is 0 Å². The summed E-state index contributed by atoms with van der Waals surface area (Å²) in [7, 11) is 0. The van der Waals surface area contributed by atoms with Crippen LogP contribution in [0.3, 0.4) is 0 Å². The first-order chi connectivity index (χ1) is 12.6. The van der Waals surface area contributed by atoms with E-state index in [-0.39, 0.29) is 0 Å². The SMILES string of the molecule is Cc1cccc(C2(C)[C@]3(O)C(O)C(c4ccccc4)[C@]3(O)[C@]2(O)CO)c1C. The van der Waals surface area contributed by atoms with Crippen molar-refractivity contribution in [2.75, 3.05) is 6.61 Å². The monoisotopic (exact) mass is 370 g/mol. The number of hydrogen-bond acceptors (Lipinski definition) is 5. The van der Waals surface area contributed by atoms with E-state index in [9.17, 15) is 25.5 Å². The predicted molar refractivity (Wildman–Crippen MR) is 100 cm³/mol. The van der Waals surface area contributed by atoms with Crippen molar-refractivity contribution < 1.29 is 25.5 Å². The summed E-state index contributed by atoms with van der Waals surface area (Å²) in [4.78, 5) is 0. The minimum Gasteiger partial charge on any atom is -0.393 e. The zero-order valence-electron chi connectivity index (χ0n) is 15.7. The third-order valence-electron chi connectivity index (χ3n) is 7.53. The summed E-state index contributed by atoms with van der Waals surface area (Å²) < 4.78 is 0. The summed E-state index contributed by atoms with van der Waals surface area (Å²) in [5.41, 5.74) is -4.50. The fourth-order valence-corrected chi connectivity index (χ4v) is 5.80. The fourth-order valence-electron chi connectivity index (χ4n) is 5.80. The van der Waals surface area contributed by atoms with Gasteiger partial charge >= 0.3 is 0 Å². The highest BCUT2D eigenvalue weighted by atomic mass is 16.5. The largest absolute Gasteiger partial charge is 0.393 e. The van der Waals surface area contributed by atoms with Gasteiger partial charge in [0.15, 0.2) is 0 Å². The Morgan fingerprint density at radius 1 is 0.889 bits per heavy atom. The molecule has 0 amide bonds. The standard InChI is InChI=1S/C22H26O5/c1-13-8-7-11-16(14(13)2)19(3)20(25,12-23)21(26)17(18(24)22(19,21)27)15-9-5-4-6-10-15/h4-11,17-18,23-27H,12H2,1-3H3/t17?,18?,19?,20-,21-,22+/m0/s1. The third-order valence-corrected chi connectivity index (χ3v) is 7.53. The second kappa shape index (κ2) is 5.40. The minimum absolute atomic E-state index is 0.604. The second-order valence-corrected chi connectivity index (χ2v) is 8.26. The Labute approximate surface area is 158 Å². The first-order valence-electron chi connectivity index (χ1n) is 9.20. The van der Waals surface area contributed by atoms with Gasteiger partial charge in [0.2, 0.25) is 0 Å². The molecule has 2 aromatic carbocycles. The average Bonchev–Trinajstić information content (AvgIpc) is 2.68. The molecular weight excluding hydrogens is 344 g/mol. The van der Waals surface area contributed by atoms with Gasteiger partial charge in [-0.25, -0.2) is 0 Å². The van der Waals surface area contributed by atoms with Crippen LogP contribution in [0.1, 0.15) is 35.1 Å². The number of aliphatic hydroxyl groups is 5. The van der Waals surface area contributed by atoms with Gasteiger partial charge in [-0.05, 0) is 43.0 Å². The predicted octanol–water partition coefficient (Wildman–Crippen LogP) is 0.919. The van der Waals surface area contributed by atoms with Crippen molar-refractivity contribution in [1.29, 1.82) is 0 Å². The molecule has 0 saturated heterocycles. The zero-order chi connectivity index (χ0) is 19.8. The molecule has 5 nitrogen and oxygen atoms in total. The van der Waals surface area contributed by atoms with Crippen LogP contribution in [-0.2, 0) is 5.41 Å². The summed E-state index contributed by atoms with van der Waals surface area (Å²) in [6.45, 7) is 4.64. The first-order valence-corrected chi connectivity index (χ1v) is 9.20. The van der Waals surface area contributed by atoms with E-state index in [1.165, 1.54) is 0 Å². The van der Waals surface area contributed by atoms with Crippen LogP contribution in [0.4, 0.5) is 0 Å². The van der Waals surface area contributed by atoms with E-state index in [1.807, 2.05) is 26.0 Å². The number of rotatable bonds is 3. The lowest BCUT2D eigenvalue weighted by Crippen LogP contribution is -3.04. The molecule has 3 unspecified atom stereocenters. The zero-order valence-corrected chi connectivity index (χ0v) is 15.7. The molecule has 5 heteroatoms. The van der Waals surface area contributed by atoms with Gasteiger partial charge in [-0.3, -0.25) is 0 Å². The summed E-state index contributed by atoms with van der Waals surface area (Å²) in [5, 5.41) is 55.6. The molecule has 5 N–H and O–H groups in total. The first kappa shape index (κ1) is 18.6. The van der Waals surface area contributed by atoms with Crippen molar-refractivity contribution in [3.05, 3.63) is 70.8 Å². The van der Waals surface area contributed by atoms with E-state index in [4.69, 9.17) is 0 Å². The Hall–Kier alpha value is -1.76. The van der Waals surface area contributed by atoms with Crippen LogP contribution < -0.4 is 0 Å². The molecule has 27 heavy (non-hydrogen) atoms. The van der Waals surface area contributed by atoms with Gasteiger partial charge in [0.1, 0.15) is 16.8 Å². The normalized spacial score (nSPS) is 42.8. The van der Waals surface area contributed by atoms with Crippen LogP contribution in [0.15, 0.2) is 48.5 Å². The number of benzene rings is 2. The molecule has 0 heterocycles. The van der Waals surface area contributed by atoms with E-state index in [0.29, 0.717) is 11.1 Å². The Morgan fingerprint density at radius 3 is 2.11 bits per heavy atom. The van der Waals surface area contributed by atoms with E-state index in [1.54, 1.807) is 43.3 Å². The number of fused-ring (bicyclic) bond motifs is 1. The highest BCUT2D eigenvalue weighted by Gasteiger charge is 2.97. The Bertz CT molecular complexity index is 885. The molecule has 2 aliphatic carbocycles. The molecule has 6 atom stereocenters. The summed E-state index contributed by atoms with van der Waals surface area (Å²) in [6.07, 6.45) is -1.29. The van der Waals surface area contributed by atoms with Crippen LogP contribution in [0.5, 0.6) is 0 Å². The molecule has 4 rings (SSSR count). The van der Waals surface area contributed by atoms with Crippen molar-refractivity contribution in [1.82, 2.24) is 0 Å². The number of aliphatic hydroxyl groups excluding tert-OH is 2. The minimum atomic E-state index is -2.07. The lowest BCUT2D eigenvalue weighted by atomic mass is 9.25. The van der Waals surface area contributed by atoms with Gasteiger partial charge < -0.3 is 25.5 Å². The van der Waals surface area contributed by atoms with Crippen molar-refractivity contribution in [3.63, 3.8) is 0 Å². The molecule has 2 saturated carbocycles. The van der Waals surface area contributed by atoms with Gasteiger partial charge in [0, 0.05) is 5.92 Å².